The van der Waals surface area contributed by atoms with Gasteiger partial charge in [0.1, 0.15) is 5.54 Å². The molecule has 0 radical (unpaired) electrons. The Balaban J connectivity index is 2.05. The van der Waals surface area contributed by atoms with E-state index in [9.17, 15) is 4.79 Å². The molecule has 0 bridgehead atoms. The molecule has 1 saturated carbocycles. The Morgan fingerprint density at radius 2 is 2.21 bits per heavy atom. The highest BCUT2D eigenvalue weighted by Gasteiger charge is 2.40. The number of hydrogen-bond donors (Lipinski definition) is 1. The van der Waals surface area contributed by atoms with Gasteiger partial charge in [-0.3, -0.25) is 9.69 Å². The number of carbonyl (C=O) groups is 1. The molecule has 1 aliphatic carbocycles. The van der Waals surface area contributed by atoms with Crippen molar-refractivity contribution in [2.24, 2.45) is 0 Å². The summed E-state index contributed by atoms with van der Waals surface area (Å²) in [5, 5.41) is 3.11. The molecule has 5 heteroatoms. The number of esters is 1. The number of ether oxygens (including phenoxy) is 2. The largest absolute Gasteiger partial charge is 0.468 e. The van der Waals surface area contributed by atoms with Gasteiger partial charge >= 0.3 is 5.97 Å². The van der Waals surface area contributed by atoms with Crippen LogP contribution in [-0.2, 0) is 14.3 Å². The van der Waals surface area contributed by atoms with Crippen molar-refractivity contribution in [1.82, 2.24) is 10.2 Å². The first-order valence-electron chi connectivity index (χ1n) is 7.23. The first kappa shape index (κ1) is 14.8. The van der Waals surface area contributed by atoms with Crippen molar-refractivity contribution in [2.75, 3.05) is 33.9 Å². The lowest BCUT2D eigenvalue weighted by Crippen LogP contribution is -2.62. The van der Waals surface area contributed by atoms with E-state index in [4.69, 9.17) is 9.47 Å². The van der Waals surface area contributed by atoms with E-state index >= 15 is 0 Å². The fourth-order valence-electron chi connectivity index (χ4n) is 3.25. The van der Waals surface area contributed by atoms with Gasteiger partial charge in [0.05, 0.1) is 19.8 Å². The van der Waals surface area contributed by atoms with Crippen LogP contribution >= 0.6 is 0 Å². The summed E-state index contributed by atoms with van der Waals surface area (Å²) in [5.74, 6) is -0.200. The highest BCUT2D eigenvalue weighted by molar-refractivity contribution is 5.80. The Labute approximate surface area is 115 Å². The number of fused-ring (bicyclic) bond motifs is 1. The van der Waals surface area contributed by atoms with E-state index in [-0.39, 0.29) is 5.97 Å². The van der Waals surface area contributed by atoms with Crippen LogP contribution in [0.4, 0.5) is 0 Å². The van der Waals surface area contributed by atoms with Gasteiger partial charge in [-0.05, 0) is 26.8 Å². The Kier molecular flexibility index (Phi) is 4.81. The predicted molar refractivity (Wildman–Crippen MR) is 73.0 cm³/mol. The highest BCUT2D eigenvalue weighted by atomic mass is 16.5. The molecule has 5 nitrogen and oxygen atoms in total. The number of hydrogen-bond acceptors (Lipinski definition) is 5. The average molecular weight is 270 g/mol. The molecule has 0 aromatic heterocycles. The molecule has 2 rings (SSSR count). The quantitative estimate of drug-likeness (QED) is 0.765. The number of nitrogens with one attached hydrogen (secondary N) is 1. The summed E-state index contributed by atoms with van der Waals surface area (Å²) in [6, 6.07) is 0.458. The zero-order valence-corrected chi connectivity index (χ0v) is 12.3. The maximum Gasteiger partial charge on any atom is 0.327 e. The van der Waals surface area contributed by atoms with Crippen LogP contribution in [0.5, 0.6) is 0 Å². The summed E-state index contributed by atoms with van der Waals surface area (Å²) in [4.78, 5) is 14.4. The fourth-order valence-corrected chi connectivity index (χ4v) is 3.25. The number of likely N-dealkylation sites (N-methyl/N-ethyl adjacent to an activating group) is 1. The van der Waals surface area contributed by atoms with Crippen molar-refractivity contribution < 1.29 is 14.3 Å². The summed E-state index contributed by atoms with van der Waals surface area (Å²) < 4.78 is 10.8. The van der Waals surface area contributed by atoms with Gasteiger partial charge in [0, 0.05) is 19.1 Å². The van der Waals surface area contributed by atoms with Crippen molar-refractivity contribution in [1.29, 1.82) is 0 Å². The zero-order chi connectivity index (χ0) is 13.9. The lowest BCUT2D eigenvalue weighted by Gasteiger charge is -2.46. The summed E-state index contributed by atoms with van der Waals surface area (Å²) >= 11 is 0. The Morgan fingerprint density at radius 1 is 1.47 bits per heavy atom. The monoisotopic (exact) mass is 270 g/mol. The van der Waals surface area contributed by atoms with E-state index in [0.29, 0.717) is 18.7 Å². The molecule has 1 aliphatic heterocycles. The minimum Gasteiger partial charge on any atom is -0.468 e. The summed E-state index contributed by atoms with van der Waals surface area (Å²) in [6.45, 7) is 4.25. The third-order valence-electron chi connectivity index (χ3n) is 4.55. The maximum atomic E-state index is 12.0. The lowest BCUT2D eigenvalue weighted by molar-refractivity contribution is -0.151. The lowest BCUT2D eigenvalue weighted by atomic mass is 9.88. The molecular formula is C14H26N2O3. The van der Waals surface area contributed by atoms with Gasteiger partial charge in [-0.15, -0.1) is 0 Å². The number of morpholine rings is 1. The summed E-state index contributed by atoms with van der Waals surface area (Å²) in [7, 11) is 3.26. The molecule has 2 aliphatic rings. The topological polar surface area (TPSA) is 50.8 Å². The van der Waals surface area contributed by atoms with Crippen molar-refractivity contribution in [3.8, 4) is 0 Å². The second-order valence-electron chi connectivity index (χ2n) is 5.81. The molecule has 3 unspecified atom stereocenters. The first-order valence-corrected chi connectivity index (χ1v) is 7.23. The minimum atomic E-state index is -0.645. The fraction of sp³-hybridized carbons (Fsp3) is 0.929. The Morgan fingerprint density at radius 3 is 2.89 bits per heavy atom. The van der Waals surface area contributed by atoms with E-state index in [1.54, 1.807) is 0 Å². The Bertz CT molecular complexity index is 322. The second-order valence-corrected chi connectivity index (χ2v) is 5.81. The van der Waals surface area contributed by atoms with Gasteiger partial charge in [-0.25, -0.2) is 0 Å². The molecule has 2 fully saturated rings. The highest BCUT2D eigenvalue weighted by Crippen LogP contribution is 2.29. The van der Waals surface area contributed by atoms with E-state index < -0.39 is 5.54 Å². The van der Waals surface area contributed by atoms with Crippen LogP contribution in [-0.4, -0.2) is 62.4 Å². The standard InChI is InChI=1S/C14H26N2O3/c1-14(15-2,13(17)18-3)10-16-8-9-19-12-7-5-4-6-11(12)16/h11-12,15H,4-10H2,1-3H3. The second kappa shape index (κ2) is 6.20. The first-order chi connectivity index (χ1) is 9.10. The van der Waals surface area contributed by atoms with E-state index in [0.717, 1.165) is 19.6 Å². The van der Waals surface area contributed by atoms with Crippen LogP contribution < -0.4 is 5.32 Å². The smallest absolute Gasteiger partial charge is 0.327 e. The number of rotatable bonds is 4. The van der Waals surface area contributed by atoms with Crippen LogP contribution in [0, 0.1) is 0 Å². The summed E-state index contributed by atoms with van der Waals surface area (Å²) in [5.41, 5.74) is -0.645. The van der Waals surface area contributed by atoms with Gasteiger partial charge < -0.3 is 14.8 Å². The van der Waals surface area contributed by atoms with Crippen molar-refractivity contribution in [3.63, 3.8) is 0 Å². The van der Waals surface area contributed by atoms with Crippen LogP contribution in [0.25, 0.3) is 0 Å². The van der Waals surface area contributed by atoms with Crippen LogP contribution in [0.1, 0.15) is 32.6 Å². The van der Waals surface area contributed by atoms with Crippen molar-refractivity contribution in [3.05, 3.63) is 0 Å². The van der Waals surface area contributed by atoms with Gasteiger partial charge in [0.2, 0.25) is 0 Å². The molecule has 0 spiro atoms. The van der Waals surface area contributed by atoms with E-state index in [1.807, 2.05) is 14.0 Å². The van der Waals surface area contributed by atoms with Crippen molar-refractivity contribution >= 4 is 5.97 Å². The molecule has 110 valence electrons. The third kappa shape index (κ3) is 3.09. The van der Waals surface area contributed by atoms with E-state index in [1.165, 1.54) is 26.4 Å². The number of methoxy groups -OCH3 is 1. The zero-order valence-electron chi connectivity index (χ0n) is 12.3. The van der Waals surface area contributed by atoms with Crippen LogP contribution in [0.15, 0.2) is 0 Å². The molecular weight excluding hydrogens is 244 g/mol. The normalized spacial score (nSPS) is 31.3. The molecule has 0 aromatic rings. The van der Waals surface area contributed by atoms with Crippen LogP contribution in [0.2, 0.25) is 0 Å². The molecule has 0 aromatic carbocycles. The van der Waals surface area contributed by atoms with E-state index in [2.05, 4.69) is 10.2 Å². The van der Waals surface area contributed by atoms with Crippen LogP contribution in [0.3, 0.4) is 0 Å². The number of carbonyl (C=O) groups excluding carboxylic acids is 1. The summed E-state index contributed by atoms with van der Waals surface area (Å²) in [6.07, 6.45) is 5.19. The van der Waals surface area contributed by atoms with Gasteiger partial charge in [0.15, 0.2) is 0 Å². The van der Waals surface area contributed by atoms with Crippen molar-refractivity contribution in [2.45, 2.75) is 50.3 Å². The Hall–Kier alpha value is -0.650. The minimum absolute atomic E-state index is 0.200. The molecule has 1 N–H and O–H groups in total. The maximum absolute atomic E-state index is 12.0. The molecule has 1 saturated heterocycles. The van der Waals surface area contributed by atoms with Gasteiger partial charge in [-0.2, -0.15) is 0 Å². The van der Waals surface area contributed by atoms with Gasteiger partial charge in [0.25, 0.3) is 0 Å². The SMILES string of the molecule is CNC(C)(CN1CCOC2CCCCC21)C(=O)OC. The third-order valence-corrected chi connectivity index (χ3v) is 4.55. The number of nitrogens with zero attached hydrogens (tertiary/aromatic N) is 1. The predicted octanol–water partition coefficient (Wildman–Crippen LogP) is 0.781. The van der Waals surface area contributed by atoms with Gasteiger partial charge in [-0.1, -0.05) is 12.8 Å². The molecule has 1 heterocycles. The molecule has 3 atom stereocenters. The molecule has 0 amide bonds. The molecule has 19 heavy (non-hydrogen) atoms. The average Bonchev–Trinajstić information content (AvgIpc) is 2.46.